The molecule has 0 radical (unpaired) electrons. The topological polar surface area (TPSA) is 76.1 Å². The third-order valence-corrected chi connectivity index (χ3v) is 4.69. The molecule has 2 aromatic carbocycles. The lowest BCUT2D eigenvalue weighted by Crippen LogP contribution is -2.30. The Bertz CT molecular complexity index is 818. The molecule has 2 atom stereocenters. The summed E-state index contributed by atoms with van der Waals surface area (Å²) in [7, 11) is 0. The highest BCUT2D eigenvalue weighted by atomic mass is 16.5. The zero-order valence-electron chi connectivity index (χ0n) is 15.4. The van der Waals surface area contributed by atoms with Crippen LogP contribution >= 0.6 is 0 Å². The number of hydroxylamine groups is 2. The molecule has 0 saturated carbocycles. The first-order valence-electron chi connectivity index (χ1n) is 9.07. The normalized spacial score (nSPS) is 19.2. The average molecular weight is 369 g/mol. The van der Waals surface area contributed by atoms with Crippen LogP contribution in [0.3, 0.4) is 0 Å². The van der Waals surface area contributed by atoms with E-state index in [1.807, 2.05) is 36.4 Å². The summed E-state index contributed by atoms with van der Waals surface area (Å²) in [6.07, 6.45) is 0.957. The smallest absolute Gasteiger partial charge is 0.319 e. The Morgan fingerprint density at radius 2 is 1.89 bits per heavy atom. The Morgan fingerprint density at radius 3 is 2.56 bits per heavy atom. The van der Waals surface area contributed by atoms with Gasteiger partial charge in [-0.25, -0.2) is 5.06 Å². The molecular weight excluding hydrogens is 346 g/mol. The summed E-state index contributed by atoms with van der Waals surface area (Å²) in [5.74, 6) is -1.49. The Morgan fingerprint density at radius 1 is 1.15 bits per heavy atom. The van der Waals surface area contributed by atoms with Crippen LogP contribution in [-0.2, 0) is 20.7 Å². The van der Waals surface area contributed by atoms with Crippen molar-refractivity contribution in [1.82, 2.24) is 5.06 Å². The van der Waals surface area contributed by atoms with E-state index in [9.17, 15) is 14.8 Å². The van der Waals surface area contributed by atoms with Gasteiger partial charge in [0.15, 0.2) is 0 Å². The molecule has 0 spiro atoms. The molecule has 27 heavy (non-hydrogen) atoms. The van der Waals surface area contributed by atoms with Gasteiger partial charge < -0.3 is 9.47 Å². The molecule has 0 aliphatic carbocycles. The molecule has 142 valence electrons. The summed E-state index contributed by atoms with van der Waals surface area (Å²) in [4.78, 5) is 24.4. The van der Waals surface area contributed by atoms with Crippen LogP contribution in [0.25, 0.3) is 0 Å². The van der Waals surface area contributed by atoms with Gasteiger partial charge >= 0.3 is 5.97 Å². The number of benzene rings is 2. The van der Waals surface area contributed by atoms with Crippen molar-refractivity contribution < 1.29 is 24.3 Å². The average Bonchev–Trinajstić information content (AvgIpc) is 2.98. The van der Waals surface area contributed by atoms with Crippen molar-refractivity contribution >= 4 is 11.9 Å². The number of hydrogen-bond acceptors (Lipinski definition) is 5. The second-order valence-corrected chi connectivity index (χ2v) is 6.43. The Balaban J connectivity index is 1.82. The van der Waals surface area contributed by atoms with Crippen LogP contribution in [0.15, 0.2) is 48.5 Å². The number of aryl methyl sites for hydroxylation is 1. The molecule has 2 aromatic rings. The van der Waals surface area contributed by atoms with Crippen LogP contribution in [0, 0.1) is 5.92 Å². The third-order valence-electron chi connectivity index (χ3n) is 4.69. The highest BCUT2D eigenvalue weighted by Crippen LogP contribution is 2.36. The Labute approximate surface area is 158 Å². The molecule has 1 saturated heterocycles. The lowest BCUT2D eigenvalue weighted by molar-refractivity contribution is -0.165. The van der Waals surface area contributed by atoms with Gasteiger partial charge in [-0.2, -0.15) is 0 Å². The molecule has 1 heterocycles. The van der Waals surface area contributed by atoms with E-state index in [0.29, 0.717) is 16.6 Å². The lowest BCUT2D eigenvalue weighted by atomic mass is 9.88. The van der Waals surface area contributed by atoms with Crippen molar-refractivity contribution in [2.45, 2.75) is 26.2 Å². The molecule has 0 unspecified atom stereocenters. The van der Waals surface area contributed by atoms with Gasteiger partial charge in [0.05, 0.1) is 13.2 Å². The van der Waals surface area contributed by atoms with Gasteiger partial charge in [0, 0.05) is 5.92 Å². The van der Waals surface area contributed by atoms with E-state index in [2.05, 4.69) is 6.92 Å². The number of carbonyl (C=O) groups is 2. The second-order valence-electron chi connectivity index (χ2n) is 6.43. The lowest BCUT2D eigenvalue weighted by Gasteiger charge is -2.16. The quantitative estimate of drug-likeness (QED) is 0.479. The first-order valence-corrected chi connectivity index (χ1v) is 9.07. The van der Waals surface area contributed by atoms with E-state index in [4.69, 9.17) is 9.47 Å². The van der Waals surface area contributed by atoms with Crippen LogP contribution in [0.5, 0.6) is 11.5 Å². The van der Waals surface area contributed by atoms with Crippen LogP contribution in [0.2, 0.25) is 0 Å². The standard InChI is InChI=1S/C21H23NO5/c1-3-14-8-10-16(11-9-14)27-17-7-5-6-15(12-17)18-13-22(25)20(23)19(18)21(24)26-4-2/h5-12,18-19,25H,3-4,13H2,1-2H3/t18-,19-/m1/s1. The maximum Gasteiger partial charge on any atom is 0.319 e. The molecule has 6 nitrogen and oxygen atoms in total. The summed E-state index contributed by atoms with van der Waals surface area (Å²) in [5.41, 5.74) is 1.96. The summed E-state index contributed by atoms with van der Waals surface area (Å²) in [6, 6.07) is 15.0. The first-order chi connectivity index (χ1) is 13.0. The number of amides is 1. The maximum atomic E-state index is 12.2. The predicted molar refractivity (Wildman–Crippen MR) is 98.7 cm³/mol. The molecule has 1 aliphatic heterocycles. The maximum absolute atomic E-state index is 12.2. The molecule has 1 N–H and O–H groups in total. The van der Waals surface area contributed by atoms with Crippen LogP contribution in [-0.4, -0.2) is 35.3 Å². The highest BCUT2D eigenvalue weighted by molar-refractivity contribution is 6.00. The van der Waals surface area contributed by atoms with Gasteiger partial charge in [0.1, 0.15) is 17.4 Å². The summed E-state index contributed by atoms with van der Waals surface area (Å²) < 4.78 is 10.9. The van der Waals surface area contributed by atoms with Gasteiger partial charge in [0.2, 0.25) is 0 Å². The van der Waals surface area contributed by atoms with Crippen LogP contribution < -0.4 is 4.74 Å². The Hall–Kier alpha value is -2.86. The fourth-order valence-corrected chi connectivity index (χ4v) is 3.25. The molecule has 0 bridgehead atoms. The van der Waals surface area contributed by atoms with E-state index in [-0.39, 0.29) is 13.2 Å². The number of ether oxygens (including phenoxy) is 2. The zero-order valence-corrected chi connectivity index (χ0v) is 15.4. The summed E-state index contributed by atoms with van der Waals surface area (Å²) in [5, 5.41) is 10.4. The minimum absolute atomic E-state index is 0.0387. The minimum Gasteiger partial charge on any atom is -0.465 e. The van der Waals surface area contributed by atoms with E-state index in [0.717, 1.165) is 12.0 Å². The second kappa shape index (κ2) is 8.22. The minimum atomic E-state index is -1.05. The molecular formula is C21H23NO5. The SMILES string of the molecule is CCOC(=O)[C@H]1C(=O)N(O)C[C@@H]1c1cccc(Oc2ccc(CC)cc2)c1. The van der Waals surface area contributed by atoms with Gasteiger partial charge in [0.25, 0.3) is 5.91 Å². The molecule has 6 heteroatoms. The van der Waals surface area contributed by atoms with Crippen molar-refractivity contribution in [2.24, 2.45) is 5.92 Å². The fraction of sp³-hybridized carbons (Fsp3) is 0.333. The van der Waals surface area contributed by atoms with E-state index in [1.165, 1.54) is 5.56 Å². The highest BCUT2D eigenvalue weighted by Gasteiger charge is 2.46. The predicted octanol–water partition coefficient (Wildman–Crippen LogP) is 3.54. The monoisotopic (exact) mass is 369 g/mol. The van der Waals surface area contributed by atoms with Crippen LogP contribution in [0.4, 0.5) is 0 Å². The number of hydrogen-bond donors (Lipinski definition) is 1. The molecule has 3 rings (SSSR count). The molecule has 1 amide bonds. The Kier molecular flexibility index (Phi) is 5.76. The van der Waals surface area contributed by atoms with E-state index < -0.39 is 23.7 Å². The number of esters is 1. The van der Waals surface area contributed by atoms with Crippen molar-refractivity contribution in [3.05, 3.63) is 59.7 Å². The van der Waals surface area contributed by atoms with Crippen molar-refractivity contribution in [3.63, 3.8) is 0 Å². The van der Waals surface area contributed by atoms with E-state index >= 15 is 0 Å². The zero-order chi connectivity index (χ0) is 19.4. The van der Waals surface area contributed by atoms with Crippen molar-refractivity contribution in [3.8, 4) is 11.5 Å². The molecule has 0 aromatic heterocycles. The van der Waals surface area contributed by atoms with Gasteiger partial charge in [-0.3, -0.25) is 14.8 Å². The number of carbonyl (C=O) groups excluding carboxylic acids is 2. The summed E-state index contributed by atoms with van der Waals surface area (Å²) in [6.45, 7) is 3.99. The molecule has 1 fully saturated rings. The van der Waals surface area contributed by atoms with Gasteiger partial charge in [-0.15, -0.1) is 0 Å². The van der Waals surface area contributed by atoms with Gasteiger partial charge in [-0.1, -0.05) is 31.2 Å². The van der Waals surface area contributed by atoms with Crippen molar-refractivity contribution in [1.29, 1.82) is 0 Å². The number of rotatable bonds is 6. The summed E-state index contributed by atoms with van der Waals surface area (Å²) >= 11 is 0. The number of nitrogens with zero attached hydrogens (tertiary/aromatic N) is 1. The fourth-order valence-electron chi connectivity index (χ4n) is 3.25. The van der Waals surface area contributed by atoms with Crippen molar-refractivity contribution in [2.75, 3.05) is 13.2 Å². The van der Waals surface area contributed by atoms with Gasteiger partial charge in [-0.05, 0) is 48.7 Å². The third kappa shape index (κ3) is 4.11. The molecule has 1 aliphatic rings. The largest absolute Gasteiger partial charge is 0.465 e. The van der Waals surface area contributed by atoms with E-state index in [1.54, 1.807) is 19.1 Å². The first kappa shape index (κ1) is 18.9. The van der Waals surface area contributed by atoms with Crippen LogP contribution in [0.1, 0.15) is 30.9 Å².